The first-order valence-corrected chi connectivity index (χ1v) is 4.78. The molecule has 0 aromatic heterocycles. The van der Waals surface area contributed by atoms with Crippen molar-refractivity contribution in [3.8, 4) is 0 Å². The average molecular weight is 220 g/mol. The molecule has 0 saturated carbocycles. The van der Waals surface area contributed by atoms with Crippen LogP contribution in [0, 0.1) is 0 Å². The molecule has 0 spiro atoms. The summed E-state index contributed by atoms with van der Waals surface area (Å²) in [6, 6.07) is 8.34. The highest BCUT2D eigenvalue weighted by molar-refractivity contribution is 5.95. The van der Waals surface area contributed by atoms with E-state index >= 15 is 0 Å². The Kier molecular flexibility index (Phi) is 4.27. The highest BCUT2D eigenvalue weighted by Gasteiger charge is 2.15. The summed E-state index contributed by atoms with van der Waals surface area (Å²) in [6.07, 6.45) is 0. The zero-order valence-corrected chi connectivity index (χ0v) is 8.93. The van der Waals surface area contributed by atoms with Gasteiger partial charge in [0.15, 0.2) is 0 Å². The van der Waals surface area contributed by atoms with Crippen molar-refractivity contribution in [1.29, 1.82) is 0 Å². The van der Waals surface area contributed by atoms with Crippen LogP contribution in [0.5, 0.6) is 0 Å². The SMILES string of the molecule is C=C(OC(=O)c1ccccc1)C(=O)OCC. The van der Waals surface area contributed by atoms with Gasteiger partial charge in [0.1, 0.15) is 0 Å². The van der Waals surface area contributed by atoms with Crippen molar-refractivity contribution in [2.24, 2.45) is 0 Å². The summed E-state index contributed by atoms with van der Waals surface area (Å²) < 4.78 is 9.37. The van der Waals surface area contributed by atoms with E-state index in [0.29, 0.717) is 5.56 Å². The van der Waals surface area contributed by atoms with Crippen LogP contribution in [0.25, 0.3) is 0 Å². The normalized spacial score (nSPS) is 9.31. The van der Waals surface area contributed by atoms with Crippen molar-refractivity contribution in [3.05, 3.63) is 48.2 Å². The number of benzene rings is 1. The summed E-state index contributed by atoms with van der Waals surface area (Å²) in [5, 5.41) is 0. The fourth-order valence-electron chi connectivity index (χ4n) is 0.998. The molecule has 1 aromatic carbocycles. The minimum absolute atomic E-state index is 0.209. The zero-order valence-electron chi connectivity index (χ0n) is 8.93. The lowest BCUT2D eigenvalue weighted by molar-refractivity contribution is -0.141. The van der Waals surface area contributed by atoms with Crippen LogP contribution in [0.15, 0.2) is 42.7 Å². The predicted octanol–water partition coefficient (Wildman–Crippen LogP) is 1.92. The van der Waals surface area contributed by atoms with E-state index < -0.39 is 11.9 Å². The van der Waals surface area contributed by atoms with Crippen molar-refractivity contribution in [2.45, 2.75) is 6.92 Å². The second-order valence-corrected chi connectivity index (χ2v) is 2.90. The first-order chi connectivity index (χ1) is 7.65. The summed E-state index contributed by atoms with van der Waals surface area (Å²) >= 11 is 0. The summed E-state index contributed by atoms with van der Waals surface area (Å²) in [7, 11) is 0. The Bertz CT molecular complexity index is 395. The number of carbonyl (C=O) groups excluding carboxylic acids is 2. The maximum absolute atomic E-state index is 11.5. The molecule has 0 bridgehead atoms. The molecule has 0 fully saturated rings. The molecule has 4 nitrogen and oxygen atoms in total. The van der Waals surface area contributed by atoms with Crippen LogP contribution in [-0.2, 0) is 14.3 Å². The van der Waals surface area contributed by atoms with E-state index in [9.17, 15) is 9.59 Å². The first kappa shape index (κ1) is 12.0. The Morgan fingerprint density at radius 3 is 2.44 bits per heavy atom. The zero-order chi connectivity index (χ0) is 12.0. The highest BCUT2D eigenvalue weighted by atomic mass is 16.6. The average Bonchev–Trinajstić information content (AvgIpc) is 2.30. The minimum Gasteiger partial charge on any atom is -0.460 e. The van der Waals surface area contributed by atoms with Gasteiger partial charge in [0.2, 0.25) is 5.76 Å². The molecular formula is C12H12O4. The van der Waals surface area contributed by atoms with Crippen LogP contribution in [0.2, 0.25) is 0 Å². The van der Waals surface area contributed by atoms with E-state index in [4.69, 9.17) is 4.74 Å². The van der Waals surface area contributed by atoms with Crippen molar-refractivity contribution in [1.82, 2.24) is 0 Å². The van der Waals surface area contributed by atoms with Gasteiger partial charge in [0, 0.05) is 0 Å². The molecule has 16 heavy (non-hydrogen) atoms. The van der Waals surface area contributed by atoms with E-state index in [-0.39, 0.29) is 12.4 Å². The van der Waals surface area contributed by atoms with Gasteiger partial charge < -0.3 is 9.47 Å². The molecule has 4 heteroatoms. The number of esters is 2. The topological polar surface area (TPSA) is 52.6 Å². The maximum atomic E-state index is 11.5. The number of ether oxygens (including phenoxy) is 2. The van der Waals surface area contributed by atoms with E-state index in [0.717, 1.165) is 0 Å². The third-order valence-electron chi connectivity index (χ3n) is 1.73. The fraction of sp³-hybridized carbons (Fsp3) is 0.167. The number of carbonyl (C=O) groups is 2. The Balaban J connectivity index is 2.59. The molecule has 1 rings (SSSR count). The molecular weight excluding hydrogens is 208 g/mol. The van der Waals surface area contributed by atoms with Gasteiger partial charge in [0.05, 0.1) is 12.2 Å². The Hall–Kier alpha value is -2.10. The van der Waals surface area contributed by atoms with Crippen LogP contribution in [0.3, 0.4) is 0 Å². The molecule has 0 radical (unpaired) electrons. The van der Waals surface area contributed by atoms with E-state index in [1.54, 1.807) is 37.3 Å². The van der Waals surface area contributed by atoms with Crippen molar-refractivity contribution < 1.29 is 19.1 Å². The Morgan fingerprint density at radius 2 is 1.88 bits per heavy atom. The number of rotatable bonds is 4. The Morgan fingerprint density at radius 1 is 1.25 bits per heavy atom. The molecule has 0 aliphatic rings. The van der Waals surface area contributed by atoms with Gasteiger partial charge >= 0.3 is 11.9 Å². The third-order valence-corrected chi connectivity index (χ3v) is 1.73. The largest absolute Gasteiger partial charge is 0.460 e. The van der Waals surface area contributed by atoms with Crippen LogP contribution in [0.1, 0.15) is 17.3 Å². The molecule has 0 heterocycles. The number of hydrogen-bond donors (Lipinski definition) is 0. The molecule has 0 aliphatic carbocycles. The second kappa shape index (κ2) is 5.70. The van der Waals surface area contributed by atoms with Crippen LogP contribution in [-0.4, -0.2) is 18.5 Å². The summed E-state index contributed by atoms with van der Waals surface area (Å²) in [5.74, 6) is -1.67. The molecule has 0 atom stereocenters. The maximum Gasteiger partial charge on any atom is 0.373 e. The van der Waals surface area contributed by atoms with Gasteiger partial charge in [-0.1, -0.05) is 18.2 Å². The molecule has 1 aromatic rings. The molecule has 84 valence electrons. The summed E-state index contributed by atoms with van der Waals surface area (Å²) in [4.78, 5) is 22.6. The standard InChI is InChI=1S/C12H12O4/c1-3-15-11(13)9(2)16-12(14)10-7-5-4-6-8-10/h4-8H,2-3H2,1H3. The lowest BCUT2D eigenvalue weighted by Gasteiger charge is -2.05. The van der Waals surface area contributed by atoms with E-state index in [2.05, 4.69) is 11.3 Å². The van der Waals surface area contributed by atoms with E-state index in [1.807, 2.05) is 0 Å². The van der Waals surface area contributed by atoms with Gasteiger partial charge in [-0.15, -0.1) is 0 Å². The van der Waals surface area contributed by atoms with Gasteiger partial charge in [-0.3, -0.25) is 0 Å². The molecule has 0 amide bonds. The van der Waals surface area contributed by atoms with Crippen LogP contribution in [0.4, 0.5) is 0 Å². The van der Waals surface area contributed by atoms with Crippen molar-refractivity contribution in [2.75, 3.05) is 6.61 Å². The fourth-order valence-corrected chi connectivity index (χ4v) is 0.998. The summed E-state index contributed by atoms with van der Waals surface area (Å²) in [6.45, 7) is 5.19. The lowest BCUT2D eigenvalue weighted by atomic mass is 10.2. The predicted molar refractivity (Wildman–Crippen MR) is 57.6 cm³/mol. The number of hydrogen-bond acceptors (Lipinski definition) is 4. The molecule has 0 aliphatic heterocycles. The van der Waals surface area contributed by atoms with Crippen molar-refractivity contribution >= 4 is 11.9 Å². The minimum atomic E-state index is -0.730. The van der Waals surface area contributed by atoms with Crippen molar-refractivity contribution in [3.63, 3.8) is 0 Å². The highest BCUT2D eigenvalue weighted by Crippen LogP contribution is 2.06. The van der Waals surface area contributed by atoms with E-state index in [1.165, 1.54) is 0 Å². The van der Waals surface area contributed by atoms with Gasteiger partial charge in [-0.2, -0.15) is 0 Å². The van der Waals surface area contributed by atoms with Crippen LogP contribution < -0.4 is 0 Å². The smallest absolute Gasteiger partial charge is 0.373 e. The molecule has 0 unspecified atom stereocenters. The molecule has 0 saturated heterocycles. The van der Waals surface area contributed by atoms with Crippen LogP contribution >= 0.6 is 0 Å². The lowest BCUT2D eigenvalue weighted by Crippen LogP contribution is -2.13. The van der Waals surface area contributed by atoms with Gasteiger partial charge in [-0.05, 0) is 25.6 Å². The van der Waals surface area contributed by atoms with Gasteiger partial charge in [-0.25, -0.2) is 9.59 Å². The summed E-state index contributed by atoms with van der Waals surface area (Å²) in [5.41, 5.74) is 0.355. The van der Waals surface area contributed by atoms with Gasteiger partial charge in [0.25, 0.3) is 0 Å². The quantitative estimate of drug-likeness (QED) is 0.442. The molecule has 0 N–H and O–H groups in total. The Labute approximate surface area is 93.5 Å². The second-order valence-electron chi connectivity index (χ2n) is 2.90. The third kappa shape index (κ3) is 3.24. The monoisotopic (exact) mass is 220 g/mol. The first-order valence-electron chi connectivity index (χ1n) is 4.78.